The number of nitrogens with zero attached hydrogens (tertiary/aromatic N) is 3. The van der Waals surface area contributed by atoms with Crippen molar-refractivity contribution in [1.29, 1.82) is 0 Å². The Morgan fingerprint density at radius 2 is 1.89 bits per heavy atom. The van der Waals surface area contributed by atoms with Gasteiger partial charge in [0.05, 0.1) is 0 Å². The van der Waals surface area contributed by atoms with E-state index in [9.17, 15) is 21.6 Å². The van der Waals surface area contributed by atoms with Crippen LogP contribution < -0.4 is 0 Å². The van der Waals surface area contributed by atoms with Gasteiger partial charge in [-0.25, -0.2) is 21.8 Å². The van der Waals surface area contributed by atoms with Crippen molar-refractivity contribution in [3.05, 3.63) is 18.3 Å². The van der Waals surface area contributed by atoms with Gasteiger partial charge in [-0.1, -0.05) is 20.8 Å². The number of hydrogen-bond donors (Lipinski definition) is 0. The van der Waals surface area contributed by atoms with Crippen molar-refractivity contribution in [3.8, 4) is 0 Å². The number of piperidine rings is 1. The Balaban J connectivity index is 2.16. The van der Waals surface area contributed by atoms with E-state index >= 15 is 0 Å². The molecule has 8 nitrogen and oxygen atoms in total. The van der Waals surface area contributed by atoms with Gasteiger partial charge in [0.15, 0.2) is 5.03 Å². The highest BCUT2D eigenvalue weighted by atomic mass is 32.2. The number of carbonyl (C=O) groups is 1. The van der Waals surface area contributed by atoms with Crippen LogP contribution in [0.25, 0.3) is 0 Å². The zero-order valence-corrected chi connectivity index (χ0v) is 17.6. The van der Waals surface area contributed by atoms with Crippen LogP contribution in [0.5, 0.6) is 0 Å². The maximum atomic E-state index is 12.5. The molecule has 152 valence electrons. The quantitative estimate of drug-likeness (QED) is 0.659. The van der Waals surface area contributed by atoms with E-state index in [0.29, 0.717) is 32.1 Å². The molecule has 1 fully saturated rings. The molecule has 0 saturated carbocycles. The molecule has 27 heavy (non-hydrogen) atoms. The zero-order valence-electron chi connectivity index (χ0n) is 16.0. The first kappa shape index (κ1) is 21.8. The van der Waals surface area contributed by atoms with Crippen LogP contribution in [-0.4, -0.2) is 68.9 Å². The van der Waals surface area contributed by atoms with E-state index in [2.05, 4.69) is 4.98 Å². The molecule has 0 spiro atoms. The number of likely N-dealkylation sites (tertiary alicyclic amines) is 1. The smallest absolute Gasteiger partial charge is 0.244 e. The van der Waals surface area contributed by atoms with Crippen molar-refractivity contribution in [2.75, 3.05) is 31.9 Å². The van der Waals surface area contributed by atoms with Gasteiger partial charge in [0, 0.05) is 32.4 Å². The van der Waals surface area contributed by atoms with E-state index in [0.717, 1.165) is 25.1 Å². The van der Waals surface area contributed by atoms with Crippen molar-refractivity contribution in [3.63, 3.8) is 0 Å². The number of amides is 1. The second kappa shape index (κ2) is 8.66. The van der Waals surface area contributed by atoms with Crippen molar-refractivity contribution in [2.45, 2.75) is 43.5 Å². The highest BCUT2D eigenvalue weighted by Gasteiger charge is 2.28. The summed E-state index contributed by atoms with van der Waals surface area (Å²) in [6.07, 6.45) is 2.93. The van der Waals surface area contributed by atoms with Crippen LogP contribution in [0.4, 0.5) is 0 Å². The van der Waals surface area contributed by atoms with Gasteiger partial charge in [0.2, 0.25) is 25.8 Å². The molecule has 2 rings (SSSR count). The van der Waals surface area contributed by atoms with Gasteiger partial charge in [-0.3, -0.25) is 4.79 Å². The van der Waals surface area contributed by atoms with E-state index in [1.165, 1.54) is 10.4 Å². The minimum Gasteiger partial charge on any atom is -0.342 e. The highest BCUT2D eigenvalue weighted by molar-refractivity contribution is 7.92. The van der Waals surface area contributed by atoms with Gasteiger partial charge in [-0.2, -0.15) is 4.31 Å². The second-order valence-electron chi connectivity index (χ2n) is 6.77. The largest absolute Gasteiger partial charge is 0.342 e. The van der Waals surface area contributed by atoms with Gasteiger partial charge in [0.25, 0.3) is 0 Å². The fourth-order valence-electron chi connectivity index (χ4n) is 3.16. The third-order valence-corrected chi connectivity index (χ3v) is 8.23. The van der Waals surface area contributed by atoms with Crippen LogP contribution in [-0.2, 0) is 24.7 Å². The predicted molar refractivity (Wildman–Crippen MR) is 101 cm³/mol. The van der Waals surface area contributed by atoms with Crippen LogP contribution in [0.3, 0.4) is 0 Å². The Bertz CT molecular complexity index is 862. The average Bonchev–Trinajstić information content (AvgIpc) is 2.62. The molecule has 2 heterocycles. The lowest BCUT2D eigenvalue weighted by Crippen LogP contribution is -2.42. The maximum Gasteiger partial charge on any atom is 0.244 e. The molecule has 1 aliphatic rings. The summed E-state index contributed by atoms with van der Waals surface area (Å²) in [5.74, 6) is -0.745. The Morgan fingerprint density at radius 1 is 1.22 bits per heavy atom. The van der Waals surface area contributed by atoms with Gasteiger partial charge in [-0.05, 0) is 30.9 Å². The van der Waals surface area contributed by atoms with Crippen molar-refractivity contribution >= 4 is 25.8 Å². The van der Waals surface area contributed by atoms with E-state index in [1.54, 1.807) is 18.7 Å². The van der Waals surface area contributed by atoms with Crippen LogP contribution >= 0.6 is 0 Å². The SMILES string of the molecule is CCN(CC)S(=O)(=O)c1ccc(S(=O)(=O)CC(=O)N2CCCC(C)C2)nc1. The lowest BCUT2D eigenvalue weighted by molar-refractivity contribution is -0.130. The van der Waals surface area contributed by atoms with Crippen LogP contribution in [0.2, 0.25) is 0 Å². The Labute approximate surface area is 161 Å². The second-order valence-corrected chi connectivity index (χ2v) is 10.6. The summed E-state index contributed by atoms with van der Waals surface area (Å²) in [5.41, 5.74) is 0. The normalized spacial score (nSPS) is 18.7. The third-order valence-electron chi connectivity index (χ3n) is 4.69. The number of aromatic nitrogens is 1. The molecule has 1 aliphatic heterocycles. The Hall–Kier alpha value is -1.52. The standard InChI is InChI=1S/C17H27N3O5S2/c1-4-20(5-2)27(24,25)15-8-9-16(18-11-15)26(22,23)13-17(21)19-10-6-7-14(3)12-19/h8-9,11,14H,4-7,10,12-13H2,1-3H3. The summed E-state index contributed by atoms with van der Waals surface area (Å²) < 4.78 is 51.2. The molecule has 1 aromatic rings. The minimum atomic E-state index is -3.93. The predicted octanol–water partition coefficient (Wildman–Crippen LogP) is 1.14. The van der Waals surface area contributed by atoms with E-state index in [1.807, 2.05) is 6.92 Å². The van der Waals surface area contributed by atoms with Gasteiger partial charge >= 0.3 is 0 Å². The summed E-state index contributed by atoms with van der Waals surface area (Å²) in [6.45, 7) is 7.21. The zero-order chi connectivity index (χ0) is 20.2. The van der Waals surface area contributed by atoms with Gasteiger partial charge < -0.3 is 4.90 Å². The summed E-state index contributed by atoms with van der Waals surface area (Å²) >= 11 is 0. The number of pyridine rings is 1. The molecule has 1 atom stereocenters. The summed E-state index contributed by atoms with van der Waals surface area (Å²) in [6, 6.07) is 2.37. The molecular weight excluding hydrogens is 390 g/mol. The first-order chi connectivity index (χ1) is 12.6. The molecule has 0 aliphatic carbocycles. The fraction of sp³-hybridized carbons (Fsp3) is 0.647. The van der Waals surface area contributed by atoms with E-state index < -0.39 is 31.5 Å². The maximum absolute atomic E-state index is 12.5. The Morgan fingerprint density at radius 3 is 2.41 bits per heavy atom. The van der Waals surface area contributed by atoms with E-state index in [4.69, 9.17) is 0 Å². The molecule has 10 heteroatoms. The molecule has 0 N–H and O–H groups in total. The van der Waals surface area contributed by atoms with Crippen molar-refractivity contribution in [2.24, 2.45) is 5.92 Å². The molecule has 0 aromatic carbocycles. The van der Waals surface area contributed by atoms with Crippen molar-refractivity contribution < 1.29 is 21.6 Å². The molecule has 1 unspecified atom stereocenters. The van der Waals surface area contributed by atoms with Crippen LogP contribution in [0, 0.1) is 5.92 Å². The van der Waals surface area contributed by atoms with Gasteiger partial charge in [0.1, 0.15) is 10.6 Å². The average molecular weight is 418 g/mol. The highest BCUT2D eigenvalue weighted by Crippen LogP contribution is 2.19. The number of hydrogen-bond acceptors (Lipinski definition) is 6. The first-order valence-corrected chi connectivity index (χ1v) is 12.2. The number of carbonyl (C=O) groups excluding carboxylic acids is 1. The summed E-state index contributed by atoms with van der Waals surface area (Å²) in [5, 5.41) is -0.292. The number of sulfonamides is 1. The minimum absolute atomic E-state index is 0.0682. The monoisotopic (exact) mass is 417 g/mol. The summed E-state index contributed by atoms with van der Waals surface area (Å²) in [4.78, 5) is 17.7. The molecule has 1 saturated heterocycles. The third kappa shape index (κ3) is 5.05. The molecular formula is C17H27N3O5S2. The van der Waals surface area contributed by atoms with Crippen molar-refractivity contribution in [1.82, 2.24) is 14.2 Å². The lowest BCUT2D eigenvalue weighted by Gasteiger charge is -2.30. The molecule has 1 aromatic heterocycles. The molecule has 0 bridgehead atoms. The molecule has 0 radical (unpaired) electrons. The van der Waals surface area contributed by atoms with Crippen LogP contribution in [0.15, 0.2) is 28.3 Å². The fourth-order valence-corrected chi connectivity index (χ4v) is 5.71. The Kier molecular flexibility index (Phi) is 6.98. The lowest BCUT2D eigenvalue weighted by atomic mass is 10.0. The first-order valence-electron chi connectivity index (χ1n) is 9.08. The number of sulfone groups is 1. The topological polar surface area (TPSA) is 105 Å². The van der Waals surface area contributed by atoms with E-state index in [-0.39, 0.29) is 9.92 Å². The summed E-state index contributed by atoms with van der Waals surface area (Å²) in [7, 11) is -7.64. The van der Waals surface area contributed by atoms with Crippen LogP contribution in [0.1, 0.15) is 33.6 Å². The van der Waals surface area contributed by atoms with Gasteiger partial charge in [-0.15, -0.1) is 0 Å². The number of rotatable bonds is 7. The molecule has 1 amide bonds.